The summed E-state index contributed by atoms with van der Waals surface area (Å²) in [4.78, 5) is 3.76. The Kier molecular flexibility index (Phi) is 7.09. The number of hydrogen-bond acceptors (Lipinski definition) is 3. The van der Waals surface area contributed by atoms with Crippen LogP contribution in [0.3, 0.4) is 0 Å². The van der Waals surface area contributed by atoms with E-state index >= 15 is 0 Å². The molecule has 0 atom stereocenters. The van der Waals surface area contributed by atoms with Crippen LogP contribution in [0.1, 0.15) is 17.5 Å². The van der Waals surface area contributed by atoms with Gasteiger partial charge >= 0.3 is 6.11 Å². The van der Waals surface area contributed by atoms with Crippen molar-refractivity contribution in [1.29, 1.82) is 0 Å². The SMILES string of the molecule is C=C(C#Cc1cc(F)c(-c2ccc3nc(C(F)(F)Oc4cc(F)c(F)c(F)c4)sc3c2)c(F)c1)/C=C\C. The minimum atomic E-state index is -4.14. The number of benzene rings is 3. The summed E-state index contributed by atoms with van der Waals surface area (Å²) in [6.07, 6.45) is -0.793. The highest BCUT2D eigenvalue weighted by molar-refractivity contribution is 7.18. The van der Waals surface area contributed by atoms with Crippen molar-refractivity contribution in [2.75, 3.05) is 0 Å². The van der Waals surface area contributed by atoms with Gasteiger partial charge < -0.3 is 4.74 Å². The second-order valence-corrected chi connectivity index (χ2v) is 8.64. The normalized spacial score (nSPS) is 11.6. The van der Waals surface area contributed by atoms with Gasteiger partial charge in [0.05, 0.1) is 15.8 Å². The van der Waals surface area contributed by atoms with E-state index in [0.29, 0.717) is 16.9 Å². The molecule has 0 fully saturated rings. The van der Waals surface area contributed by atoms with Crippen molar-refractivity contribution in [1.82, 2.24) is 4.98 Å². The van der Waals surface area contributed by atoms with E-state index in [1.54, 1.807) is 19.1 Å². The Morgan fingerprint density at radius 1 is 0.973 bits per heavy atom. The lowest BCUT2D eigenvalue weighted by atomic mass is 10.0. The second kappa shape index (κ2) is 10.1. The van der Waals surface area contributed by atoms with E-state index in [0.717, 1.165) is 12.1 Å². The molecule has 10 heteroatoms. The number of halogens is 7. The average molecular weight is 533 g/mol. The summed E-state index contributed by atoms with van der Waals surface area (Å²) in [7, 11) is 0. The molecule has 0 N–H and O–H groups in total. The Morgan fingerprint density at radius 3 is 2.24 bits per heavy atom. The highest BCUT2D eigenvalue weighted by Crippen LogP contribution is 2.39. The van der Waals surface area contributed by atoms with E-state index in [2.05, 4.69) is 28.1 Å². The lowest BCUT2D eigenvalue weighted by Gasteiger charge is -2.15. The Bertz CT molecular complexity index is 1580. The van der Waals surface area contributed by atoms with Crippen LogP contribution in [0.5, 0.6) is 5.75 Å². The number of allylic oxidation sites excluding steroid dienone is 3. The van der Waals surface area contributed by atoms with Gasteiger partial charge in [0.2, 0.25) is 5.01 Å². The van der Waals surface area contributed by atoms with Crippen molar-refractivity contribution in [2.24, 2.45) is 0 Å². The van der Waals surface area contributed by atoms with E-state index < -0.39 is 51.5 Å². The molecule has 0 spiro atoms. The lowest BCUT2D eigenvalue weighted by molar-refractivity contribution is -0.185. The molecule has 0 aliphatic rings. The Balaban J connectivity index is 1.66. The number of aromatic nitrogens is 1. The summed E-state index contributed by atoms with van der Waals surface area (Å²) >= 11 is 0.444. The minimum Gasteiger partial charge on any atom is -0.427 e. The highest BCUT2D eigenvalue weighted by Gasteiger charge is 2.39. The molecule has 0 saturated carbocycles. The summed E-state index contributed by atoms with van der Waals surface area (Å²) in [5.41, 5.74) is 0.261. The molecule has 4 rings (SSSR count). The molecule has 188 valence electrons. The number of nitrogens with zero attached hydrogens (tertiary/aromatic N) is 1. The van der Waals surface area contributed by atoms with Gasteiger partial charge in [0.25, 0.3) is 0 Å². The van der Waals surface area contributed by atoms with Crippen LogP contribution in [0.25, 0.3) is 21.3 Å². The maximum Gasteiger partial charge on any atom is 0.454 e. The number of hydrogen-bond donors (Lipinski definition) is 0. The number of rotatable bonds is 5. The summed E-state index contributed by atoms with van der Waals surface area (Å²) in [5.74, 6) is -2.75. The van der Waals surface area contributed by atoms with Crippen molar-refractivity contribution < 1.29 is 35.5 Å². The van der Waals surface area contributed by atoms with Gasteiger partial charge in [0.1, 0.15) is 17.4 Å². The molecule has 0 aliphatic heterocycles. The molecular formula is C27H14F7NOS. The first-order chi connectivity index (χ1) is 17.5. The Labute approximate surface area is 210 Å². The molecule has 4 aromatic rings. The van der Waals surface area contributed by atoms with Crippen LogP contribution in [0.15, 0.2) is 66.8 Å². The first kappa shape index (κ1) is 26.0. The van der Waals surface area contributed by atoms with Crippen LogP contribution >= 0.6 is 11.3 Å². The number of thiazole rings is 1. The lowest BCUT2D eigenvalue weighted by Crippen LogP contribution is -2.21. The minimum absolute atomic E-state index is 0.0578. The fraction of sp³-hybridized carbons (Fsp3) is 0.0741. The average Bonchev–Trinajstić information content (AvgIpc) is 3.25. The van der Waals surface area contributed by atoms with Crippen molar-refractivity contribution >= 4 is 21.6 Å². The van der Waals surface area contributed by atoms with Crippen LogP contribution < -0.4 is 4.74 Å². The third-order valence-corrected chi connectivity index (χ3v) is 5.98. The van der Waals surface area contributed by atoms with Crippen LogP contribution in [-0.4, -0.2) is 4.98 Å². The molecule has 1 heterocycles. The van der Waals surface area contributed by atoms with Gasteiger partial charge in [-0.25, -0.2) is 26.9 Å². The molecule has 37 heavy (non-hydrogen) atoms. The fourth-order valence-electron chi connectivity index (χ4n) is 3.30. The fourth-order valence-corrected chi connectivity index (χ4v) is 4.22. The smallest absolute Gasteiger partial charge is 0.427 e. The largest absolute Gasteiger partial charge is 0.454 e. The van der Waals surface area contributed by atoms with Crippen molar-refractivity contribution in [3.8, 4) is 28.7 Å². The number of fused-ring (bicyclic) bond motifs is 1. The zero-order chi connectivity index (χ0) is 26.9. The molecule has 2 nitrogen and oxygen atoms in total. The van der Waals surface area contributed by atoms with Gasteiger partial charge in [-0.3, -0.25) is 0 Å². The van der Waals surface area contributed by atoms with Gasteiger partial charge in [-0.1, -0.05) is 36.6 Å². The molecule has 0 unspecified atom stereocenters. The zero-order valence-corrected chi connectivity index (χ0v) is 19.6. The van der Waals surface area contributed by atoms with E-state index in [-0.39, 0.29) is 33.5 Å². The summed E-state index contributed by atoms with van der Waals surface area (Å²) in [5, 5.41) is -0.891. The van der Waals surface area contributed by atoms with Gasteiger partial charge in [-0.2, -0.15) is 8.78 Å². The molecule has 0 radical (unpaired) electrons. The van der Waals surface area contributed by atoms with E-state index in [4.69, 9.17) is 0 Å². The predicted molar refractivity (Wildman–Crippen MR) is 127 cm³/mol. The highest BCUT2D eigenvalue weighted by atomic mass is 32.1. The maximum atomic E-state index is 14.8. The zero-order valence-electron chi connectivity index (χ0n) is 18.8. The van der Waals surface area contributed by atoms with E-state index in [1.807, 2.05) is 0 Å². The summed E-state index contributed by atoms with van der Waals surface area (Å²) in [6, 6.07) is 6.48. The molecule has 0 bridgehead atoms. The monoisotopic (exact) mass is 533 g/mol. The van der Waals surface area contributed by atoms with Crippen molar-refractivity contribution in [3.63, 3.8) is 0 Å². The predicted octanol–water partition coefficient (Wildman–Crippen LogP) is 8.27. The van der Waals surface area contributed by atoms with Crippen LogP contribution in [0.4, 0.5) is 30.7 Å². The standard InChI is InChI=1S/C27H14F7NOS/c1-3-4-14(2)5-6-15-9-18(28)24(19(29)10-15)16-7-8-22-23(11-16)37-26(35-22)27(33,34)36-17-12-20(30)25(32)21(31)13-17/h3-4,7-13H,2H2,1H3/b4-3-. The summed E-state index contributed by atoms with van der Waals surface area (Å²) < 4.78 is 103. The quantitative estimate of drug-likeness (QED) is 0.112. The van der Waals surface area contributed by atoms with Gasteiger partial charge in [0.15, 0.2) is 17.5 Å². The van der Waals surface area contributed by atoms with E-state index in [9.17, 15) is 30.7 Å². The molecule has 3 aromatic carbocycles. The van der Waals surface area contributed by atoms with Crippen LogP contribution in [-0.2, 0) is 6.11 Å². The number of ether oxygens (including phenoxy) is 1. The van der Waals surface area contributed by atoms with Crippen LogP contribution in [0.2, 0.25) is 0 Å². The van der Waals surface area contributed by atoms with Gasteiger partial charge in [0, 0.05) is 23.3 Å². The Hall–Kier alpha value is -4.10. The van der Waals surface area contributed by atoms with Crippen molar-refractivity contribution in [2.45, 2.75) is 13.0 Å². The first-order valence-corrected chi connectivity index (χ1v) is 11.3. The van der Waals surface area contributed by atoms with Gasteiger partial charge in [-0.15, -0.1) is 11.3 Å². The Morgan fingerprint density at radius 2 is 1.62 bits per heavy atom. The van der Waals surface area contributed by atoms with Gasteiger partial charge in [-0.05, 0) is 36.8 Å². The molecule has 0 amide bonds. The molecule has 0 saturated heterocycles. The third kappa shape index (κ3) is 5.52. The topological polar surface area (TPSA) is 22.1 Å². The summed E-state index contributed by atoms with van der Waals surface area (Å²) in [6.45, 7) is 5.46. The number of alkyl halides is 2. The second-order valence-electron chi connectivity index (χ2n) is 7.61. The maximum absolute atomic E-state index is 14.8. The van der Waals surface area contributed by atoms with Crippen LogP contribution in [0, 0.1) is 40.9 Å². The molecule has 1 aromatic heterocycles. The van der Waals surface area contributed by atoms with E-state index in [1.165, 1.54) is 18.2 Å². The third-order valence-electron chi connectivity index (χ3n) is 4.91. The van der Waals surface area contributed by atoms with Crippen molar-refractivity contribution in [3.05, 3.63) is 106 Å². The molecular weight excluding hydrogens is 519 g/mol. The first-order valence-electron chi connectivity index (χ1n) is 10.4. The molecule has 0 aliphatic carbocycles.